The van der Waals surface area contributed by atoms with Gasteiger partial charge in [0, 0.05) is 12.6 Å². The lowest BCUT2D eigenvalue weighted by Gasteiger charge is -2.34. The third kappa shape index (κ3) is 3.69. The van der Waals surface area contributed by atoms with E-state index in [0.717, 1.165) is 24.0 Å². The molecular weight excluding hydrogens is 264 g/mol. The van der Waals surface area contributed by atoms with E-state index in [2.05, 4.69) is 24.2 Å². The molecule has 0 bridgehead atoms. The molecule has 1 saturated heterocycles. The molecule has 2 aliphatic rings. The highest BCUT2D eigenvalue weighted by Gasteiger charge is 2.25. The van der Waals surface area contributed by atoms with Crippen LogP contribution in [0.5, 0.6) is 11.5 Å². The Morgan fingerprint density at radius 3 is 2.71 bits per heavy atom. The van der Waals surface area contributed by atoms with Gasteiger partial charge < -0.3 is 19.7 Å². The molecule has 116 valence electrons. The summed E-state index contributed by atoms with van der Waals surface area (Å²) in [6.07, 6.45) is 2.68. The lowest BCUT2D eigenvalue weighted by atomic mass is 9.90. The highest BCUT2D eigenvalue weighted by Crippen LogP contribution is 2.30. The lowest BCUT2D eigenvalue weighted by Crippen LogP contribution is -2.46. The van der Waals surface area contributed by atoms with Crippen LogP contribution < -0.4 is 14.8 Å². The fourth-order valence-corrected chi connectivity index (χ4v) is 3.18. The molecule has 3 rings (SSSR count). The normalized spacial score (nSPS) is 24.8. The standard InChI is InChI=1S/C17H26N2O2/c1-13(14-7-9-19(2)10-8-14)18-11-15-12-20-16-5-3-4-6-17(16)21-15/h3-6,13-15,18H,7-12H2,1-2H3. The average Bonchev–Trinajstić information content (AvgIpc) is 2.53. The van der Waals surface area contributed by atoms with Gasteiger partial charge in [0.1, 0.15) is 12.7 Å². The number of piperidine rings is 1. The van der Waals surface area contributed by atoms with Gasteiger partial charge in [0.15, 0.2) is 11.5 Å². The number of nitrogens with zero attached hydrogens (tertiary/aromatic N) is 1. The minimum Gasteiger partial charge on any atom is -0.486 e. The first kappa shape index (κ1) is 14.7. The minimum absolute atomic E-state index is 0.105. The van der Waals surface area contributed by atoms with Crippen LogP contribution >= 0.6 is 0 Å². The molecule has 0 spiro atoms. The molecule has 21 heavy (non-hydrogen) atoms. The topological polar surface area (TPSA) is 33.7 Å². The van der Waals surface area contributed by atoms with Gasteiger partial charge in [-0.2, -0.15) is 0 Å². The van der Waals surface area contributed by atoms with Crippen LogP contribution in [-0.2, 0) is 0 Å². The number of ether oxygens (including phenoxy) is 2. The van der Waals surface area contributed by atoms with Crippen molar-refractivity contribution < 1.29 is 9.47 Å². The van der Waals surface area contributed by atoms with Crippen LogP contribution in [0.2, 0.25) is 0 Å². The summed E-state index contributed by atoms with van der Waals surface area (Å²) in [5, 5.41) is 3.64. The van der Waals surface area contributed by atoms with Crippen molar-refractivity contribution in [1.82, 2.24) is 10.2 Å². The van der Waals surface area contributed by atoms with Crippen LogP contribution in [0.25, 0.3) is 0 Å². The number of hydrogen-bond acceptors (Lipinski definition) is 4. The largest absolute Gasteiger partial charge is 0.486 e. The van der Waals surface area contributed by atoms with Gasteiger partial charge in [-0.05, 0) is 58.0 Å². The van der Waals surface area contributed by atoms with E-state index in [9.17, 15) is 0 Å². The Balaban J connectivity index is 1.45. The van der Waals surface area contributed by atoms with Crippen molar-refractivity contribution in [2.45, 2.75) is 31.9 Å². The smallest absolute Gasteiger partial charge is 0.161 e. The Bertz CT molecular complexity index is 458. The summed E-state index contributed by atoms with van der Waals surface area (Å²) in [6.45, 7) is 6.21. The van der Waals surface area contributed by atoms with Crippen LogP contribution in [0, 0.1) is 5.92 Å². The van der Waals surface area contributed by atoms with E-state index in [0.29, 0.717) is 12.6 Å². The van der Waals surface area contributed by atoms with E-state index in [1.165, 1.54) is 25.9 Å². The molecule has 4 nitrogen and oxygen atoms in total. The van der Waals surface area contributed by atoms with Crippen LogP contribution in [0.3, 0.4) is 0 Å². The molecule has 2 heterocycles. The van der Waals surface area contributed by atoms with Crippen LogP contribution in [0.4, 0.5) is 0 Å². The maximum atomic E-state index is 5.99. The fraction of sp³-hybridized carbons (Fsp3) is 0.647. The van der Waals surface area contributed by atoms with E-state index in [-0.39, 0.29) is 6.10 Å². The Kier molecular flexibility index (Phi) is 4.66. The Morgan fingerprint density at radius 2 is 1.95 bits per heavy atom. The summed E-state index contributed by atoms with van der Waals surface area (Å²) in [7, 11) is 2.21. The fourth-order valence-electron chi connectivity index (χ4n) is 3.18. The molecule has 2 aliphatic heterocycles. The quantitative estimate of drug-likeness (QED) is 0.921. The molecule has 0 amide bonds. The SMILES string of the molecule is CC(NCC1COc2ccccc2O1)C1CCN(C)CC1. The second-order valence-corrected chi connectivity index (χ2v) is 6.34. The van der Waals surface area contributed by atoms with Crippen molar-refractivity contribution in [3.63, 3.8) is 0 Å². The Labute approximate surface area is 127 Å². The van der Waals surface area contributed by atoms with Crippen molar-refractivity contribution in [1.29, 1.82) is 0 Å². The van der Waals surface area contributed by atoms with Crippen molar-refractivity contribution in [3.05, 3.63) is 24.3 Å². The Hall–Kier alpha value is -1.26. The summed E-state index contributed by atoms with van der Waals surface area (Å²) in [5.41, 5.74) is 0. The number of hydrogen-bond donors (Lipinski definition) is 1. The number of rotatable bonds is 4. The number of benzene rings is 1. The molecule has 2 atom stereocenters. The van der Waals surface area contributed by atoms with E-state index < -0.39 is 0 Å². The summed E-state index contributed by atoms with van der Waals surface area (Å²) in [4.78, 5) is 2.41. The van der Waals surface area contributed by atoms with E-state index >= 15 is 0 Å². The molecule has 1 aromatic carbocycles. The molecular formula is C17H26N2O2. The molecule has 0 aromatic heterocycles. The predicted octanol–water partition coefficient (Wildman–Crippen LogP) is 2.15. The molecule has 2 unspecified atom stereocenters. The molecule has 0 radical (unpaired) electrons. The monoisotopic (exact) mass is 290 g/mol. The van der Waals surface area contributed by atoms with Gasteiger partial charge in [-0.1, -0.05) is 12.1 Å². The second-order valence-electron chi connectivity index (χ2n) is 6.34. The zero-order chi connectivity index (χ0) is 14.7. The molecule has 0 aliphatic carbocycles. The first-order chi connectivity index (χ1) is 10.2. The number of para-hydroxylation sites is 2. The van der Waals surface area contributed by atoms with E-state index in [1.54, 1.807) is 0 Å². The van der Waals surface area contributed by atoms with Crippen molar-refractivity contribution in [2.75, 3.05) is 33.3 Å². The zero-order valence-corrected chi connectivity index (χ0v) is 13.0. The summed E-state index contributed by atoms with van der Waals surface area (Å²) < 4.78 is 11.7. The van der Waals surface area contributed by atoms with Gasteiger partial charge in [-0.3, -0.25) is 0 Å². The summed E-state index contributed by atoms with van der Waals surface area (Å²) >= 11 is 0. The van der Waals surface area contributed by atoms with Gasteiger partial charge in [0.25, 0.3) is 0 Å². The van der Waals surface area contributed by atoms with Gasteiger partial charge in [-0.25, -0.2) is 0 Å². The predicted molar refractivity (Wildman–Crippen MR) is 84.0 cm³/mol. The number of likely N-dealkylation sites (tertiary alicyclic amines) is 1. The first-order valence-electron chi connectivity index (χ1n) is 8.03. The van der Waals surface area contributed by atoms with E-state index in [4.69, 9.17) is 9.47 Å². The molecule has 1 N–H and O–H groups in total. The lowest BCUT2D eigenvalue weighted by molar-refractivity contribution is 0.0844. The highest BCUT2D eigenvalue weighted by molar-refractivity contribution is 5.40. The average molecular weight is 290 g/mol. The van der Waals surface area contributed by atoms with Gasteiger partial charge >= 0.3 is 0 Å². The second kappa shape index (κ2) is 6.67. The van der Waals surface area contributed by atoms with Gasteiger partial charge in [-0.15, -0.1) is 0 Å². The van der Waals surface area contributed by atoms with E-state index in [1.807, 2.05) is 24.3 Å². The van der Waals surface area contributed by atoms with Crippen LogP contribution in [-0.4, -0.2) is 50.3 Å². The van der Waals surface area contributed by atoms with Gasteiger partial charge in [0.05, 0.1) is 0 Å². The summed E-state index contributed by atoms with van der Waals surface area (Å²) in [5.74, 6) is 2.50. The first-order valence-corrected chi connectivity index (χ1v) is 8.03. The zero-order valence-electron chi connectivity index (χ0n) is 13.0. The highest BCUT2D eigenvalue weighted by atomic mass is 16.6. The molecule has 0 saturated carbocycles. The van der Waals surface area contributed by atoms with Crippen molar-refractivity contribution in [2.24, 2.45) is 5.92 Å². The van der Waals surface area contributed by atoms with Crippen molar-refractivity contribution in [3.8, 4) is 11.5 Å². The maximum Gasteiger partial charge on any atom is 0.161 e. The van der Waals surface area contributed by atoms with Crippen LogP contribution in [0.15, 0.2) is 24.3 Å². The Morgan fingerprint density at radius 1 is 1.24 bits per heavy atom. The van der Waals surface area contributed by atoms with Gasteiger partial charge in [0.2, 0.25) is 0 Å². The van der Waals surface area contributed by atoms with Crippen LogP contribution in [0.1, 0.15) is 19.8 Å². The minimum atomic E-state index is 0.105. The third-order valence-electron chi connectivity index (χ3n) is 4.71. The third-order valence-corrected chi connectivity index (χ3v) is 4.71. The van der Waals surface area contributed by atoms with Crippen molar-refractivity contribution >= 4 is 0 Å². The number of fused-ring (bicyclic) bond motifs is 1. The molecule has 4 heteroatoms. The molecule has 1 fully saturated rings. The number of nitrogens with one attached hydrogen (secondary N) is 1. The maximum absolute atomic E-state index is 5.99. The summed E-state index contributed by atoms with van der Waals surface area (Å²) in [6, 6.07) is 8.43. The molecule has 1 aromatic rings.